The van der Waals surface area contributed by atoms with Crippen molar-refractivity contribution in [1.82, 2.24) is 4.90 Å². The molecule has 5 nitrogen and oxygen atoms in total. The van der Waals surface area contributed by atoms with Gasteiger partial charge in [-0.3, -0.25) is 19.3 Å². The molecule has 1 N–H and O–H groups in total. The molecule has 1 heterocycles. The molecule has 3 amide bonds. The van der Waals surface area contributed by atoms with Crippen LogP contribution in [0.4, 0.5) is 5.69 Å². The number of halogens is 1. The minimum absolute atomic E-state index is 0.340. The molecular formula is C20H19ClN2O3S. The van der Waals surface area contributed by atoms with Crippen molar-refractivity contribution in [3.63, 3.8) is 0 Å². The predicted molar refractivity (Wildman–Crippen MR) is 109 cm³/mol. The number of benzene rings is 2. The van der Waals surface area contributed by atoms with Crippen LogP contribution >= 0.6 is 23.4 Å². The fraction of sp³-hybridized carbons (Fsp3) is 0.250. The molecular weight excluding hydrogens is 384 g/mol. The van der Waals surface area contributed by atoms with Crippen LogP contribution in [0.15, 0.2) is 42.5 Å². The molecule has 27 heavy (non-hydrogen) atoms. The maximum absolute atomic E-state index is 13.0. The highest BCUT2D eigenvalue weighted by Crippen LogP contribution is 2.27. The van der Waals surface area contributed by atoms with Crippen molar-refractivity contribution in [2.75, 3.05) is 17.3 Å². The number of nitrogens with zero attached hydrogens (tertiary/aromatic N) is 1. The lowest BCUT2D eigenvalue weighted by atomic mass is 10.1. The van der Waals surface area contributed by atoms with E-state index in [0.29, 0.717) is 34.0 Å². The molecule has 0 spiro atoms. The van der Waals surface area contributed by atoms with E-state index in [1.165, 1.54) is 0 Å². The molecule has 0 saturated carbocycles. The number of nitrogens with one attached hydrogen (secondary N) is 1. The van der Waals surface area contributed by atoms with Gasteiger partial charge in [0.25, 0.3) is 11.8 Å². The zero-order valence-corrected chi connectivity index (χ0v) is 16.6. The van der Waals surface area contributed by atoms with E-state index in [1.807, 2.05) is 13.2 Å². The number of hydrogen-bond donors (Lipinski definition) is 1. The highest BCUT2D eigenvalue weighted by molar-refractivity contribution is 7.98. The summed E-state index contributed by atoms with van der Waals surface area (Å²) in [5.41, 5.74) is 2.09. The van der Waals surface area contributed by atoms with Gasteiger partial charge >= 0.3 is 0 Å². The molecule has 1 aliphatic heterocycles. The fourth-order valence-electron chi connectivity index (χ4n) is 3.08. The van der Waals surface area contributed by atoms with Crippen molar-refractivity contribution in [2.45, 2.75) is 19.4 Å². The quantitative estimate of drug-likeness (QED) is 0.741. The molecule has 0 aliphatic carbocycles. The molecule has 140 valence electrons. The number of hydrogen-bond acceptors (Lipinski definition) is 4. The number of carbonyl (C=O) groups is 3. The Morgan fingerprint density at radius 2 is 1.78 bits per heavy atom. The Bertz CT molecular complexity index is 881. The predicted octanol–water partition coefficient (Wildman–Crippen LogP) is 4.00. The van der Waals surface area contributed by atoms with Gasteiger partial charge in [-0.15, -0.1) is 0 Å². The summed E-state index contributed by atoms with van der Waals surface area (Å²) >= 11 is 7.52. The van der Waals surface area contributed by atoms with Gasteiger partial charge in [-0.25, -0.2) is 0 Å². The minimum Gasteiger partial charge on any atom is -0.324 e. The maximum atomic E-state index is 13.0. The molecule has 1 unspecified atom stereocenters. The van der Waals surface area contributed by atoms with Crippen LogP contribution in [0.2, 0.25) is 5.02 Å². The van der Waals surface area contributed by atoms with E-state index in [9.17, 15) is 14.4 Å². The van der Waals surface area contributed by atoms with Gasteiger partial charge in [0.15, 0.2) is 0 Å². The van der Waals surface area contributed by atoms with Crippen LogP contribution in [-0.4, -0.2) is 40.7 Å². The van der Waals surface area contributed by atoms with E-state index in [-0.39, 0.29) is 5.91 Å². The molecule has 0 fully saturated rings. The number of carbonyl (C=O) groups excluding carboxylic acids is 3. The average molecular weight is 403 g/mol. The van der Waals surface area contributed by atoms with Crippen LogP contribution in [0.25, 0.3) is 0 Å². The smallest absolute Gasteiger partial charge is 0.262 e. The van der Waals surface area contributed by atoms with Crippen molar-refractivity contribution < 1.29 is 14.4 Å². The van der Waals surface area contributed by atoms with Gasteiger partial charge in [0.1, 0.15) is 6.04 Å². The van der Waals surface area contributed by atoms with E-state index in [1.54, 1.807) is 54.2 Å². The first kappa shape index (κ1) is 19.5. The van der Waals surface area contributed by atoms with Crippen LogP contribution in [-0.2, 0) is 4.79 Å². The third kappa shape index (κ3) is 3.87. The Morgan fingerprint density at radius 3 is 2.33 bits per heavy atom. The molecule has 2 aromatic carbocycles. The van der Waals surface area contributed by atoms with Gasteiger partial charge < -0.3 is 5.32 Å². The Balaban J connectivity index is 1.89. The third-order valence-corrected chi connectivity index (χ3v) is 5.36. The average Bonchev–Trinajstić information content (AvgIpc) is 2.90. The van der Waals surface area contributed by atoms with E-state index in [0.717, 1.165) is 10.5 Å². The second-order valence-electron chi connectivity index (χ2n) is 6.27. The standard InChI is InChI=1S/C20H19ClN2O3S/c1-12-11-13(21)7-8-16(12)22-18(24)17(9-10-27-2)23-19(25)14-5-3-4-6-15(14)20(23)26/h3-8,11,17H,9-10H2,1-2H3,(H,22,24). The lowest BCUT2D eigenvalue weighted by Crippen LogP contribution is -2.47. The van der Waals surface area contributed by atoms with Crippen molar-refractivity contribution in [1.29, 1.82) is 0 Å². The highest BCUT2D eigenvalue weighted by Gasteiger charge is 2.42. The first-order valence-electron chi connectivity index (χ1n) is 8.47. The summed E-state index contributed by atoms with van der Waals surface area (Å²) in [4.78, 5) is 39.6. The van der Waals surface area contributed by atoms with E-state index < -0.39 is 17.9 Å². The number of aryl methyl sites for hydroxylation is 1. The summed E-state index contributed by atoms with van der Waals surface area (Å²) in [5.74, 6) is -0.594. The summed E-state index contributed by atoms with van der Waals surface area (Å²) < 4.78 is 0. The summed E-state index contributed by atoms with van der Waals surface area (Å²) in [6.45, 7) is 1.83. The number of amides is 3. The Hall–Kier alpha value is -2.31. The molecule has 3 rings (SSSR count). The van der Waals surface area contributed by atoms with Gasteiger partial charge in [-0.2, -0.15) is 11.8 Å². The summed E-state index contributed by atoms with van der Waals surface area (Å²) in [6, 6.07) is 10.9. The summed E-state index contributed by atoms with van der Waals surface area (Å²) in [6.07, 6.45) is 2.30. The minimum atomic E-state index is -0.875. The topological polar surface area (TPSA) is 66.5 Å². The first-order valence-corrected chi connectivity index (χ1v) is 10.2. The molecule has 0 saturated heterocycles. The lowest BCUT2D eigenvalue weighted by molar-refractivity contribution is -0.120. The van der Waals surface area contributed by atoms with Crippen LogP contribution in [0.3, 0.4) is 0 Å². The zero-order valence-electron chi connectivity index (χ0n) is 15.0. The summed E-state index contributed by atoms with van der Waals surface area (Å²) in [7, 11) is 0. The van der Waals surface area contributed by atoms with Crippen LogP contribution < -0.4 is 5.32 Å². The van der Waals surface area contributed by atoms with E-state index in [2.05, 4.69) is 5.32 Å². The first-order chi connectivity index (χ1) is 12.9. The van der Waals surface area contributed by atoms with E-state index >= 15 is 0 Å². The SMILES string of the molecule is CSCCC(C(=O)Nc1ccc(Cl)cc1C)N1C(=O)c2ccccc2C1=O. The van der Waals surface area contributed by atoms with Crippen LogP contribution in [0.5, 0.6) is 0 Å². The number of imide groups is 1. The van der Waals surface area contributed by atoms with Crippen molar-refractivity contribution in [2.24, 2.45) is 0 Å². The van der Waals surface area contributed by atoms with Gasteiger partial charge in [0.2, 0.25) is 5.91 Å². The zero-order chi connectivity index (χ0) is 19.6. The molecule has 1 atom stereocenters. The molecule has 0 bridgehead atoms. The normalized spacial score (nSPS) is 14.3. The molecule has 0 aromatic heterocycles. The van der Waals surface area contributed by atoms with Gasteiger partial charge in [-0.1, -0.05) is 23.7 Å². The van der Waals surface area contributed by atoms with Crippen molar-refractivity contribution in [3.05, 3.63) is 64.2 Å². The number of anilines is 1. The molecule has 1 aliphatic rings. The van der Waals surface area contributed by atoms with Gasteiger partial charge in [-0.05, 0) is 61.2 Å². The second kappa shape index (κ2) is 8.15. The second-order valence-corrected chi connectivity index (χ2v) is 7.69. The molecule has 0 radical (unpaired) electrons. The van der Waals surface area contributed by atoms with Crippen LogP contribution in [0, 0.1) is 6.92 Å². The maximum Gasteiger partial charge on any atom is 0.262 e. The lowest BCUT2D eigenvalue weighted by Gasteiger charge is -2.25. The number of fused-ring (bicyclic) bond motifs is 1. The number of rotatable bonds is 6. The van der Waals surface area contributed by atoms with Gasteiger partial charge in [0, 0.05) is 10.7 Å². The third-order valence-electron chi connectivity index (χ3n) is 4.48. The largest absolute Gasteiger partial charge is 0.324 e. The van der Waals surface area contributed by atoms with E-state index in [4.69, 9.17) is 11.6 Å². The monoisotopic (exact) mass is 402 g/mol. The Morgan fingerprint density at radius 1 is 1.15 bits per heavy atom. The van der Waals surface area contributed by atoms with Crippen molar-refractivity contribution >= 4 is 46.8 Å². The highest BCUT2D eigenvalue weighted by atomic mass is 35.5. The molecule has 7 heteroatoms. The van der Waals surface area contributed by atoms with Crippen molar-refractivity contribution in [3.8, 4) is 0 Å². The van der Waals surface area contributed by atoms with Crippen LogP contribution in [0.1, 0.15) is 32.7 Å². The number of thioether (sulfide) groups is 1. The summed E-state index contributed by atoms with van der Waals surface area (Å²) in [5, 5.41) is 3.41. The molecule has 2 aromatic rings. The Kier molecular flexibility index (Phi) is 5.87. The Labute approximate surface area is 167 Å². The fourth-order valence-corrected chi connectivity index (χ4v) is 3.77. The van der Waals surface area contributed by atoms with Gasteiger partial charge in [0.05, 0.1) is 11.1 Å².